The van der Waals surface area contributed by atoms with E-state index in [9.17, 15) is 13.7 Å². The molecule has 212 valence electrons. The van der Waals surface area contributed by atoms with Crippen LogP contribution in [0.25, 0.3) is 16.7 Å². The molecule has 10 nitrogen and oxygen atoms in total. The van der Waals surface area contributed by atoms with Gasteiger partial charge in [-0.1, -0.05) is 0 Å². The van der Waals surface area contributed by atoms with Gasteiger partial charge in [-0.15, -0.1) is 0 Å². The Morgan fingerprint density at radius 1 is 1.05 bits per heavy atom. The molecule has 2 aromatic heterocycles. The molecule has 2 fully saturated rings. The van der Waals surface area contributed by atoms with Crippen LogP contribution in [0.4, 0.5) is 11.6 Å². The van der Waals surface area contributed by atoms with Crippen LogP contribution in [-0.2, 0) is 10.0 Å². The Morgan fingerprint density at radius 3 is 2.59 bits per heavy atom. The molecule has 0 saturated carbocycles. The SMILES string of the molecule is N#Cc1ccc2c(ccn2-c2ccnc(Nc3ccc(S(=O)(=O)N(CCN4CCCC4)C4CCNCC4)cc3)n2)c1. The van der Waals surface area contributed by atoms with Crippen LogP contribution < -0.4 is 10.6 Å². The first-order valence-electron chi connectivity index (χ1n) is 14.2. The van der Waals surface area contributed by atoms with Crippen LogP contribution in [0.15, 0.2) is 71.9 Å². The second-order valence-electron chi connectivity index (χ2n) is 10.6. The number of likely N-dealkylation sites (tertiary alicyclic amines) is 1. The number of nitrogens with zero attached hydrogens (tertiary/aromatic N) is 6. The third-order valence-corrected chi connectivity index (χ3v) is 9.94. The largest absolute Gasteiger partial charge is 0.324 e. The highest BCUT2D eigenvalue weighted by Crippen LogP contribution is 2.26. The Balaban J connectivity index is 1.19. The second-order valence-corrected chi connectivity index (χ2v) is 12.5. The van der Waals surface area contributed by atoms with Crippen LogP contribution in [0.2, 0.25) is 0 Å². The van der Waals surface area contributed by atoms with Crippen LogP contribution in [0.3, 0.4) is 0 Å². The lowest BCUT2D eigenvalue weighted by atomic mass is 10.1. The minimum Gasteiger partial charge on any atom is -0.324 e. The lowest BCUT2D eigenvalue weighted by Gasteiger charge is -2.34. The molecular weight excluding hydrogens is 536 g/mol. The third-order valence-electron chi connectivity index (χ3n) is 7.98. The van der Waals surface area contributed by atoms with Gasteiger partial charge in [0.1, 0.15) is 5.82 Å². The Labute approximate surface area is 240 Å². The molecule has 4 heterocycles. The first kappa shape index (κ1) is 27.4. The van der Waals surface area contributed by atoms with E-state index in [1.54, 1.807) is 40.8 Å². The van der Waals surface area contributed by atoms with Gasteiger partial charge in [-0.2, -0.15) is 14.6 Å². The summed E-state index contributed by atoms with van der Waals surface area (Å²) in [5.41, 5.74) is 2.24. The normalized spacial score (nSPS) is 16.8. The van der Waals surface area contributed by atoms with Gasteiger partial charge in [0.25, 0.3) is 0 Å². The Bertz CT molecular complexity index is 1650. The van der Waals surface area contributed by atoms with Crippen LogP contribution in [0.1, 0.15) is 31.2 Å². The Kier molecular flexibility index (Phi) is 7.98. The summed E-state index contributed by atoms with van der Waals surface area (Å²) < 4.78 is 31.4. The van der Waals surface area contributed by atoms with Crippen LogP contribution in [-0.4, -0.2) is 77.5 Å². The molecule has 2 aliphatic rings. The first-order valence-corrected chi connectivity index (χ1v) is 15.6. The topological polar surface area (TPSA) is 119 Å². The number of hydrogen-bond donors (Lipinski definition) is 2. The zero-order chi connectivity index (χ0) is 28.2. The highest BCUT2D eigenvalue weighted by atomic mass is 32.2. The molecule has 2 aromatic carbocycles. The quantitative estimate of drug-likeness (QED) is 0.311. The van der Waals surface area contributed by atoms with Crippen molar-refractivity contribution in [3.8, 4) is 11.9 Å². The van der Waals surface area contributed by atoms with Crippen LogP contribution >= 0.6 is 0 Å². The molecule has 2 aliphatic heterocycles. The molecule has 0 spiro atoms. The summed E-state index contributed by atoms with van der Waals surface area (Å²) in [6.07, 6.45) is 7.61. The highest BCUT2D eigenvalue weighted by molar-refractivity contribution is 7.89. The van der Waals surface area contributed by atoms with Crippen molar-refractivity contribution in [2.24, 2.45) is 0 Å². The van der Waals surface area contributed by atoms with Gasteiger partial charge in [0.05, 0.1) is 22.0 Å². The monoisotopic (exact) mass is 570 g/mol. The number of rotatable bonds is 9. The summed E-state index contributed by atoms with van der Waals surface area (Å²) in [5.74, 6) is 1.08. The summed E-state index contributed by atoms with van der Waals surface area (Å²) in [6.45, 7) is 5.05. The summed E-state index contributed by atoms with van der Waals surface area (Å²) in [7, 11) is -3.65. The van der Waals surface area contributed by atoms with Gasteiger partial charge in [0, 0.05) is 42.6 Å². The number of hydrogen-bond acceptors (Lipinski definition) is 8. The number of aromatic nitrogens is 3. The number of nitriles is 1. The molecule has 0 amide bonds. The summed E-state index contributed by atoms with van der Waals surface area (Å²) in [5, 5.41) is 16.7. The fraction of sp³-hybridized carbons (Fsp3) is 0.367. The van der Waals surface area contributed by atoms with Gasteiger partial charge in [-0.3, -0.25) is 0 Å². The predicted molar refractivity (Wildman–Crippen MR) is 159 cm³/mol. The smallest absolute Gasteiger partial charge is 0.243 e. The summed E-state index contributed by atoms with van der Waals surface area (Å²) in [6, 6.07) is 18.3. The van der Waals surface area contributed by atoms with E-state index in [1.807, 2.05) is 35.0 Å². The molecule has 0 atom stereocenters. The zero-order valence-electron chi connectivity index (χ0n) is 22.9. The minimum absolute atomic E-state index is 0.00838. The maximum Gasteiger partial charge on any atom is 0.243 e. The van der Waals surface area contributed by atoms with Crippen molar-refractivity contribution >= 4 is 32.6 Å². The van der Waals surface area contributed by atoms with Crippen molar-refractivity contribution in [2.75, 3.05) is 44.6 Å². The van der Waals surface area contributed by atoms with Crippen LogP contribution in [0.5, 0.6) is 0 Å². The van der Waals surface area contributed by atoms with E-state index in [1.165, 1.54) is 12.8 Å². The first-order chi connectivity index (χ1) is 20.0. The van der Waals surface area contributed by atoms with Gasteiger partial charge in [0.2, 0.25) is 16.0 Å². The molecule has 4 aromatic rings. The van der Waals surface area contributed by atoms with Crippen molar-refractivity contribution < 1.29 is 8.42 Å². The molecule has 0 aliphatic carbocycles. The van der Waals surface area contributed by atoms with E-state index in [-0.39, 0.29) is 6.04 Å². The molecule has 0 unspecified atom stereocenters. The van der Waals surface area contributed by atoms with E-state index in [0.717, 1.165) is 56.5 Å². The highest BCUT2D eigenvalue weighted by Gasteiger charge is 2.32. The maximum absolute atomic E-state index is 13.9. The zero-order valence-corrected chi connectivity index (χ0v) is 23.7. The number of anilines is 2. The average molecular weight is 571 g/mol. The van der Waals surface area contributed by atoms with E-state index in [2.05, 4.69) is 31.6 Å². The molecule has 2 N–H and O–H groups in total. The van der Waals surface area contributed by atoms with Crippen LogP contribution in [0, 0.1) is 11.3 Å². The van der Waals surface area contributed by atoms with Gasteiger partial charge in [-0.05, 0) is 106 Å². The van der Waals surface area contributed by atoms with Gasteiger partial charge >= 0.3 is 0 Å². The molecular formula is C30H34N8O2S. The fourth-order valence-electron chi connectivity index (χ4n) is 5.77. The van der Waals surface area contributed by atoms with Crippen molar-refractivity contribution in [2.45, 2.75) is 36.6 Å². The van der Waals surface area contributed by atoms with Crippen molar-refractivity contribution in [3.63, 3.8) is 0 Å². The van der Waals surface area contributed by atoms with E-state index >= 15 is 0 Å². The Hall–Kier alpha value is -3.82. The summed E-state index contributed by atoms with van der Waals surface area (Å²) in [4.78, 5) is 11.7. The maximum atomic E-state index is 13.9. The number of nitrogens with one attached hydrogen (secondary N) is 2. The second kappa shape index (κ2) is 12.0. The van der Waals surface area contributed by atoms with Crippen molar-refractivity contribution in [3.05, 3.63) is 72.6 Å². The number of piperidine rings is 1. The van der Waals surface area contributed by atoms with Gasteiger partial charge in [-0.25, -0.2) is 13.4 Å². The average Bonchev–Trinajstić information content (AvgIpc) is 3.68. The van der Waals surface area contributed by atoms with Gasteiger partial charge in [0.15, 0.2) is 0 Å². The molecule has 6 rings (SSSR count). The fourth-order valence-corrected chi connectivity index (χ4v) is 7.45. The standard InChI is InChI=1S/C30H34N8O2S/c31-22-23-3-8-28-24(21-23)12-18-37(28)29-11-15-33-30(35-29)34-25-4-6-27(7-5-25)41(39,40)38(26-9-13-32-14-10-26)20-19-36-16-1-2-17-36/h3-8,11-12,15,18,21,26,32H,1-2,9-10,13-14,16-17,19-20H2,(H,33,34,35). The van der Waals surface area contributed by atoms with Crippen molar-refractivity contribution in [1.82, 2.24) is 29.1 Å². The van der Waals surface area contributed by atoms with E-state index < -0.39 is 10.0 Å². The lowest BCUT2D eigenvalue weighted by molar-refractivity contribution is 0.228. The predicted octanol–water partition coefficient (Wildman–Crippen LogP) is 3.87. The Morgan fingerprint density at radius 2 is 1.83 bits per heavy atom. The van der Waals surface area contributed by atoms with Gasteiger partial charge < -0.3 is 20.1 Å². The van der Waals surface area contributed by atoms with Crippen molar-refractivity contribution in [1.29, 1.82) is 5.26 Å². The molecule has 2 saturated heterocycles. The summed E-state index contributed by atoms with van der Waals surface area (Å²) >= 11 is 0. The number of benzene rings is 2. The number of sulfonamides is 1. The lowest BCUT2D eigenvalue weighted by Crippen LogP contribution is -2.48. The minimum atomic E-state index is -3.65. The van der Waals surface area contributed by atoms with E-state index in [0.29, 0.717) is 34.5 Å². The molecule has 41 heavy (non-hydrogen) atoms. The van der Waals surface area contributed by atoms with E-state index in [4.69, 9.17) is 0 Å². The molecule has 0 radical (unpaired) electrons. The number of fused-ring (bicyclic) bond motifs is 1. The molecule has 11 heteroatoms. The molecule has 0 bridgehead atoms. The third kappa shape index (κ3) is 5.96.